The molecule has 1 atom stereocenters. The molecule has 2 rings (SSSR count). The zero-order chi connectivity index (χ0) is 12.4. The largest absolute Gasteiger partial charge is 0.380 e. The fraction of sp³-hybridized carbons (Fsp3) is 0.462. The van der Waals surface area contributed by atoms with E-state index in [0.29, 0.717) is 13.2 Å². The molecule has 1 aliphatic rings. The van der Waals surface area contributed by atoms with E-state index in [1.807, 2.05) is 6.07 Å². The maximum Gasteiger partial charge on any atom is 0.225 e. The van der Waals surface area contributed by atoms with Crippen LogP contribution in [0.3, 0.4) is 0 Å². The molecule has 1 unspecified atom stereocenters. The van der Waals surface area contributed by atoms with Crippen LogP contribution < -0.4 is 5.73 Å². The fourth-order valence-electron chi connectivity index (χ4n) is 2.29. The lowest BCUT2D eigenvalue weighted by Gasteiger charge is -2.29. The van der Waals surface area contributed by atoms with Gasteiger partial charge in [-0.3, -0.25) is 4.79 Å². The lowest BCUT2D eigenvalue weighted by molar-refractivity contribution is -0.119. The van der Waals surface area contributed by atoms with Crippen LogP contribution in [0.15, 0.2) is 12.1 Å². The minimum Gasteiger partial charge on any atom is -0.380 e. The average Bonchev–Trinajstić information content (AvgIpc) is 2.25. The van der Waals surface area contributed by atoms with Crippen LogP contribution in [-0.4, -0.2) is 20.1 Å². The summed E-state index contributed by atoms with van der Waals surface area (Å²) in [4.78, 5) is 11.2. The summed E-state index contributed by atoms with van der Waals surface area (Å²) in [5, 5.41) is 0. The minimum absolute atomic E-state index is 0.128. The normalized spacial score (nSPS) is 17.4. The van der Waals surface area contributed by atoms with Crippen molar-refractivity contribution in [3.8, 4) is 0 Å². The van der Waals surface area contributed by atoms with E-state index in [4.69, 9.17) is 15.2 Å². The van der Waals surface area contributed by atoms with Crippen LogP contribution in [-0.2, 0) is 33.9 Å². The molecule has 4 heteroatoms. The summed E-state index contributed by atoms with van der Waals surface area (Å²) < 4.78 is 10.3. The predicted molar refractivity (Wildman–Crippen MR) is 63.5 cm³/mol. The van der Waals surface area contributed by atoms with Gasteiger partial charge in [0.15, 0.2) is 0 Å². The molecule has 0 bridgehead atoms. The Bertz CT molecular complexity index is 443. The van der Waals surface area contributed by atoms with Gasteiger partial charge in [0.1, 0.15) is 0 Å². The third kappa shape index (κ3) is 2.18. The van der Waals surface area contributed by atoms with Gasteiger partial charge in [-0.2, -0.15) is 0 Å². The van der Waals surface area contributed by atoms with Gasteiger partial charge >= 0.3 is 0 Å². The number of amides is 1. The van der Waals surface area contributed by atoms with E-state index in [-0.39, 0.29) is 11.8 Å². The highest BCUT2D eigenvalue weighted by Gasteiger charge is 2.31. The Kier molecular flexibility index (Phi) is 3.45. The van der Waals surface area contributed by atoms with Crippen molar-refractivity contribution in [1.82, 2.24) is 0 Å². The Balaban J connectivity index is 2.33. The number of primary amides is 1. The highest BCUT2D eigenvalue weighted by atomic mass is 16.5. The summed E-state index contributed by atoms with van der Waals surface area (Å²) in [6.07, 6.45) is 0.745. The Morgan fingerprint density at radius 2 is 1.88 bits per heavy atom. The lowest BCUT2D eigenvalue weighted by Crippen LogP contribution is -2.31. The molecule has 1 aromatic rings. The van der Waals surface area contributed by atoms with Crippen LogP contribution in [0.5, 0.6) is 0 Å². The molecule has 4 nitrogen and oxygen atoms in total. The molecule has 1 aliphatic carbocycles. The number of hydrogen-bond donors (Lipinski definition) is 1. The molecule has 0 aliphatic heterocycles. The van der Waals surface area contributed by atoms with Gasteiger partial charge in [0, 0.05) is 14.2 Å². The Morgan fingerprint density at radius 1 is 1.29 bits per heavy atom. The number of benzene rings is 1. The van der Waals surface area contributed by atoms with Crippen molar-refractivity contribution in [2.75, 3.05) is 14.2 Å². The van der Waals surface area contributed by atoms with Crippen LogP contribution >= 0.6 is 0 Å². The number of carbonyl (C=O) groups is 1. The van der Waals surface area contributed by atoms with Crippen molar-refractivity contribution >= 4 is 5.91 Å². The molecule has 1 aromatic carbocycles. The van der Waals surface area contributed by atoms with E-state index in [1.54, 1.807) is 14.2 Å². The Labute approximate surface area is 101 Å². The quantitative estimate of drug-likeness (QED) is 0.831. The number of methoxy groups -OCH3 is 2. The number of hydrogen-bond acceptors (Lipinski definition) is 3. The summed E-state index contributed by atoms with van der Waals surface area (Å²) in [5.41, 5.74) is 9.77. The first-order valence-corrected chi connectivity index (χ1v) is 5.59. The van der Waals surface area contributed by atoms with Crippen molar-refractivity contribution in [3.05, 3.63) is 34.4 Å². The van der Waals surface area contributed by atoms with E-state index in [9.17, 15) is 4.79 Å². The maximum absolute atomic E-state index is 11.2. The van der Waals surface area contributed by atoms with Crippen molar-refractivity contribution in [2.45, 2.75) is 25.6 Å². The number of nitrogens with two attached hydrogens (primary N) is 1. The van der Waals surface area contributed by atoms with E-state index in [0.717, 1.165) is 23.1 Å². The van der Waals surface area contributed by atoms with Gasteiger partial charge < -0.3 is 15.2 Å². The Hall–Kier alpha value is -1.39. The van der Waals surface area contributed by atoms with Crippen LogP contribution in [0.4, 0.5) is 0 Å². The molecule has 0 saturated heterocycles. The molecule has 0 spiro atoms. The molecule has 17 heavy (non-hydrogen) atoms. The van der Waals surface area contributed by atoms with Crippen molar-refractivity contribution in [2.24, 2.45) is 5.73 Å². The summed E-state index contributed by atoms with van der Waals surface area (Å²) >= 11 is 0. The van der Waals surface area contributed by atoms with E-state index in [2.05, 4.69) is 6.07 Å². The average molecular weight is 235 g/mol. The second-order valence-corrected chi connectivity index (χ2v) is 4.34. The first-order valence-electron chi connectivity index (χ1n) is 5.59. The molecular formula is C13H17NO3. The fourth-order valence-corrected chi connectivity index (χ4v) is 2.29. The van der Waals surface area contributed by atoms with Crippen molar-refractivity contribution in [1.29, 1.82) is 0 Å². The summed E-state index contributed by atoms with van der Waals surface area (Å²) in [6.45, 7) is 1.09. The zero-order valence-electron chi connectivity index (χ0n) is 10.2. The second kappa shape index (κ2) is 4.85. The number of ether oxygens (including phenoxy) is 2. The smallest absolute Gasteiger partial charge is 0.225 e. The first kappa shape index (κ1) is 12.1. The SMILES string of the molecule is COCc1cc2c(cc1COC)C(C(N)=O)C2. The summed E-state index contributed by atoms with van der Waals surface area (Å²) in [6, 6.07) is 4.11. The summed E-state index contributed by atoms with van der Waals surface area (Å²) in [5.74, 6) is -0.377. The van der Waals surface area contributed by atoms with Gasteiger partial charge in [0.05, 0.1) is 19.1 Å². The van der Waals surface area contributed by atoms with Gasteiger partial charge in [-0.15, -0.1) is 0 Å². The lowest BCUT2D eigenvalue weighted by atomic mass is 9.75. The minimum atomic E-state index is -0.250. The molecule has 0 heterocycles. The van der Waals surface area contributed by atoms with E-state index in [1.165, 1.54) is 5.56 Å². The monoisotopic (exact) mass is 235 g/mol. The molecule has 92 valence electrons. The number of rotatable bonds is 5. The highest BCUT2D eigenvalue weighted by molar-refractivity contribution is 5.85. The Morgan fingerprint density at radius 3 is 2.41 bits per heavy atom. The molecule has 0 aromatic heterocycles. The van der Waals surface area contributed by atoms with E-state index >= 15 is 0 Å². The van der Waals surface area contributed by atoms with Gasteiger partial charge in [-0.05, 0) is 28.7 Å². The van der Waals surface area contributed by atoms with Crippen molar-refractivity contribution in [3.63, 3.8) is 0 Å². The molecule has 1 amide bonds. The molecule has 2 N–H and O–H groups in total. The van der Waals surface area contributed by atoms with Crippen LogP contribution in [0.2, 0.25) is 0 Å². The predicted octanol–water partition coefficient (Wildman–Crippen LogP) is 1.10. The highest BCUT2D eigenvalue weighted by Crippen LogP contribution is 2.37. The van der Waals surface area contributed by atoms with Gasteiger partial charge in [-0.1, -0.05) is 12.1 Å². The van der Waals surface area contributed by atoms with Crippen LogP contribution in [0, 0.1) is 0 Å². The first-order chi connectivity index (χ1) is 8.17. The molecule has 0 radical (unpaired) electrons. The summed E-state index contributed by atoms with van der Waals surface area (Å²) in [7, 11) is 3.32. The third-order valence-electron chi connectivity index (χ3n) is 3.20. The van der Waals surface area contributed by atoms with Crippen LogP contribution in [0.25, 0.3) is 0 Å². The molecule has 0 saturated carbocycles. The molecular weight excluding hydrogens is 218 g/mol. The molecule has 0 fully saturated rings. The van der Waals surface area contributed by atoms with Crippen LogP contribution in [0.1, 0.15) is 28.2 Å². The van der Waals surface area contributed by atoms with Gasteiger partial charge in [0.2, 0.25) is 5.91 Å². The number of carbonyl (C=O) groups excluding carboxylic acids is 1. The van der Waals surface area contributed by atoms with Gasteiger partial charge in [-0.25, -0.2) is 0 Å². The zero-order valence-corrected chi connectivity index (χ0v) is 10.2. The second-order valence-electron chi connectivity index (χ2n) is 4.34. The number of fused-ring (bicyclic) bond motifs is 1. The topological polar surface area (TPSA) is 61.6 Å². The van der Waals surface area contributed by atoms with Gasteiger partial charge in [0.25, 0.3) is 0 Å². The maximum atomic E-state index is 11.2. The third-order valence-corrected chi connectivity index (χ3v) is 3.20. The van der Waals surface area contributed by atoms with E-state index < -0.39 is 0 Å². The standard InChI is InChI=1S/C13H17NO3/c1-16-6-9-3-8-4-12(13(14)15)11(8)5-10(9)7-17-2/h3,5,12H,4,6-7H2,1-2H3,(H2,14,15). The van der Waals surface area contributed by atoms with Crippen molar-refractivity contribution < 1.29 is 14.3 Å².